The van der Waals surface area contributed by atoms with Crippen LogP contribution in [0.4, 0.5) is 5.69 Å². The molecule has 3 rings (SSSR count). The highest BCUT2D eigenvalue weighted by atomic mass is 16.5. The van der Waals surface area contributed by atoms with Gasteiger partial charge in [-0.25, -0.2) is 0 Å². The van der Waals surface area contributed by atoms with E-state index in [-0.39, 0.29) is 23.8 Å². The number of rotatable bonds is 5. The Kier molecular flexibility index (Phi) is 3.92. The van der Waals surface area contributed by atoms with Crippen LogP contribution in [0.3, 0.4) is 0 Å². The molecule has 1 unspecified atom stereocenters. The number of methoxy groups -OCH3 is 2. The first-order valence-electron chi connectivity index (χ1n) is 7.45. The molecule has 0 spiro atoms. The van der Waals surface area contributed by atoms with Gasteiger partial charge in [-0.05, 0) is 25.0 Å². The Hall–Kier alpha value is -2.24. The third-order valence-electron chi connectivity index (χ3n) is 4.10. The van der Waals surface area contributed by atoms with Crippen LogP contribution in [0.1, 0.15) is 19.3 Å². The minimum atomic E-state index is -0.117. The van der Waals surface area contributed by atoms with Gasteiger partial charge < -0.3 is 19.7 Å². The number of ether oxygens (including phenoxy) is 2. The lowest BCUT2D eigenvalue weighted by atomic mass is 10.2. The van der Waals surface area contributed by atoms with Crippen LogP contribution in [0.15, 0.2) is 18.2 Å². The summed E-state index contributed by atoms with van der Waals surface area (Å²) < 4.78 is 10.5. The zero-order chi connectivity index (χ0) is 15.7. The van der Waals surface area contributed by atoms with Crippen LogP contribution >= 0.6 is 0 Å². The predicted molar refractivity (Wildman–Crippen MR) is 81.2 cm³/mol. The summed E-state index contributed by atoms with van der Waals surface area (Å²) in [6.07, 6.45) is 2.27. The van der Waals surface area contributed by atoms with E-state index in [2.05, 4.69) is 5.32 Å². The van der Waals surface area contributed by atoms with E-state index in [1.54, 1.807) is 31.3 Å². The average molecular weight is 304 g/mol. The van der Waals surface area contributed by atoms with Crippen molar-refractivity contribution in [3.8, 4) is 11.5 Å². The van der Waals surface area contributed by atoms with Crippen LogP contribution in [-0.4, -0.2) is 38.6 Å². The molecule has 1 aliphatic carbocycles. The molecule has 1 atom stereocenters. The summed E-state index contributed by atoms with van der Waals surface area (Å²) >= 11 is 0. The van der Waals surface area contributed by atoms with E-state index in [1.807, 2.05) is 6.07 Å². The lowest BCUT2D eigenvalue weighted by Crippen LogP contribution is -2.38. The van der Waals surface area contributed by atoms with Crippen molar-refractivity contribution in [2.75, 3.05) is 25.7 Å². The van der Waals surface area contributed by atoms with Gasteiger partial charge in [0.25, 0.3) is 0 Å². The van der Waals surface area contributed by atoms with E-state index >= 15 is 0 Å². The maximum atomic E-state index is 12.2. The first-order chi connectivity index (χ1) is 10.6. The molecule has 1 aromatic rings. The summed E-state index contributed by atoms with van der Waals surface area (Å²) in [5.74, 6) is 1.44. The Balaban J connectivity index is 1.71. The fourth-order valence-corrected chi connectivity index (χ4v) is 2.71. The third-order valence-corrected chi connectivity index (χ3v) is 4.10. The minimum Gasteiger partial charge on any atom is -0.493 e. The van der Waals surface area contributed by atoms with Gasteiger partial charge >= 0.3 is 0 Å². The molecule has 1 N–H and O–H groups in total. The van der Waals surface area contributed by atoms with Crippen LogP contribution in [0.2, 0.25) is 0 Å². The molecule has 1 aliphatic heterocycles. The van der Waals surface area contributed by atoms with Crippen molar-refractivity contribution < 1.29 is 19.1 Å². The average Bonchev–Trinajstić information content (AvgIpc) is 3.31. The van der Waals surface area contributed by atoms with Gasteiger partial charge in [0.15, 0.2) is 11.5 Å². The molecular weight excluding hydrogens is 284 g/mol. The van der Waals surface area contributed by atoms with Crippen LogP contribution in [-0.2, 0) is 9.59 Å². The maximum Gasteiger partial charge on any atom is 0.229 e. The number of hydrogen-bond donors (Lipinski definition) is 1. The minimum absolute atomic E-state index is 0.00770. The van der Waals surface area contributed by atoms with Gasteiger partial charge in [0.05, 0.1) is 20.3 Å². The van der Waals surface area contributed by atoms with Gasteiger partial charge in [0.1, 0.15) is 0 Å². The second-order valence-electron chi connectivity index (χ2n) is 5.73. The van der Waals surface area contributed by atoms with Crippen molar-refractivity contribution in [2.45, 2.75) is 25.3 Å². The molecule has 1 heterocycles. The molecule has 2 aliphatic rings. The molecule has 1 saturated carbocycles. The van der Waals surface area contributed by atoms with Crippen LogP contribution in [0.5, 0.6) is 11.5 Å². The highest BCUT2D eigenvalue weighted by molar-refractivity contribution is 5.97. The van der Waals surface area contributed by atoms with Gasteiger partial charge in [0.2, 0.25) is 11.8 Å². The summed E-state index contributed by atoms with van der Waals surface area (Å²) in [4.78, 5) is 25.7. The van der Waals surface area contributed by atoms with Crippen molar-refractivity contribution in [1.29, 1.82) is 0 Å². The normalized spacial score (nSPS) is 20.9. The number of benzene rings is 1. The molecular formula is C16H20N2O4. The number of hydrogen-bond acceptors (Lipinski definition) is 4. The standard InChI is InChI=1S/C16H20N2O4/c1-21-13-6-5-12(8-14(13)22-2)18-9-11(7-15(18)19)17-16(20)10-3-4-10/h5-6,8,10-11H,3-4,7,9H2,1-2H3,(H,17,20). The number of nitrogens with zero attached hydrogens (tertiary/aromatic N) is 1. The number of carbonyl (C=O) groups excluding carboxylic acids is 2. The quantitative estimate of drug-likeness (QED) is 0.891. The van der Waals surface area contributed by atoms with Crippen molar-refractivity contribution in [3.63, 3.8) is 0 Å². The summed E-state index contributed by atoms with van der Waals surface area (Å²) in [5, 5.41) is 2.96. The molecule has 118 valence electrons. The highest BCUT2D eigenvalue weighted by Crippen LogP contribution is 2.33. The number of amides is 2. The molecule has 2 amide bonds. The van der Waals surface area contributed by atoms with Crippen LogP contribution < -0.4 is 19.7 Å². The van der Waals surface area contributed by atoms with Crippen molar-refractivity contribution in [3.05, 3.63) is 18.2 Å². The molecule has 0 bridgehead atoms. The van der Waals surface area contributed by atoms with E-state index in [9.17, 15) is 9.59 Å². The van der Waals surface area contributed by atoms with Gasteiger partial charge in [-0.3, -0.25) is 9.59 Å². The van der Waals surface area contributed by atoms with E-state index in [0.29, 0.717) is 24.5 Å². The number of carbonyl (C=O) groups is 2. The fraction of sp³-hybridized carbons (Fsp3) is 0.500. The molecule has 0 aromatic heterocycles. The van der Waals surface area contributed by atoms with Crippen molar-refractivity contribution in [2.24, 2.45) is 5.92 Å². The monoisotopic (exact) mass is 304 g/mol. The molecule has 6 heteroatoms. The summed E-state index contributed by atoms with van der Waals surface area (Å²) in [6, 6.07) is 5.26. The highest BCUT2D eigenvalue weighted by Gasteiger charge is 2.36. The second kappa shape index (κ2) is 5.87. The van der Waals surface area contributed by atoms with E-state index in [4.69, 9.17) is 9.47 Å². The molecule has 2 fully saturated rings. The topological polar surface area (TPSA) is 67.9 Å². The fourth-order valence-electron chi connectivity index (χ4n) is 2.71. The molecule has 1 saturated heterocycles. The molecule has 6 nitrogen and oxygen atoms in total. The number of anilines is 1. The van der Waals surface area contributed by atoms with Crippen molar-refractivity contribution in [1.82, 2.24) is 5.32 Å². The molecule has 1 aromatic carbocycles. The Morgan fingerprint density at radius 2 is 1.95 bits per heavy atom. The molecule has 0 radical (unpaired) electrons. The van der Waals surface area contributed by atoms with Crippen LogP contribution in [0, 0.1) is 5.92 Å². The van der Waals surface area contributed by atoms with Gasteiger partial charge in [-0.15, -0.1) is 0 Å². The van der Waals surface area contributed by atoms with E-state index in [0.717, 1.165) is 18.5 Å². The van der Waals surface area contributed by atoms with Gasteiger partial charge in [-0.1, -0.05) is 0 Å². The maximum absolute atomic E-state index is 12.2. The zero-order valence-electron chi connectivity index (χ0n) is 12.8. The predicted octanol–water partition coefficient (Wildman–Crippen LogP) is 1.34. The van der Waals surface area contributed by atoms with Crippen molar-refractivity contribution >= 4 is 17.5 Å². The summed E-state index contributed by atoms with van der Waals surface area (Å²) in [6.45, 7) is 0.493. The largest absolute Gasteiger partial charge is 0.493 e. The third kappa shape index (κ3) is 2.86. The molecule has 22 heavy (non-hydrogen) atoms. The lowest BCUT2D eigenvalue weighted by molar-refractivity contribution is -0.122. The number of nitrogens with one attached hydrogen (secondary N) is 1. The van der Waals surface area contributed by atoms with Gasteiger partial charge in [-0.2, -0.15) is 0 Å². The second-order valence-corrected chi connectivity index (χ2v) is 5.73. The summed E-state index contributed by atoms with van der Waals surface area (Å²) in [7, 11) is 3.13. The van der Waals surface area contributed by atoms with Gasteiger partial charge in [0, 0.05) is 30.6 Å². The Morgan fingerprint density at radius 3 is 2.59 bits per heavy atom. The van der Waals surface area contributed by atoms with E-state index < -0.39 is 0 Å². The SMILES string of the molecule is COc1ccc(N2CC(NC(=O)C3CC3)CC2=O)cc1OC. The zero-order valence-corrected chi connectivity index (χ0v) is 12.8. The Labute approximate surface area is 129 Å². The smallest absolute Gasteiger partial charge is 0.229 e. The Bertz CT molecular complexity index is 598. The van der Waals surface area contributed by atoms with Crippen LogP contribution in [0.25, 0.3) is 0 Å². The lowest BCUT2D eigenvalue weighted by Gasteiger charge is -2.19. The summed E-state index contributed by atoms with van der Waals surface area (Å²) in [5.41, 5.74) is 0.755. The first-order valence-corrected chi connectivity index (χ1v) is 7.45. The Morgan fingerprint density at radius 1 is 1.23 bits per heavy atom. The van der Waals surface area contributed by atoms with E-state index in [1.165, 1.54) is 0 Å². The first kappa shape index (κ1) is 14.7.